The first-order valence-electron chi connectivity index (χ1n) is 11.9. The van der Waals surface area contributed by atoms with Crippen molar-refractivity contribution in [3.05, 3.63) is 83.2 Å². The number of ether oxygens (including phenoxy) is 1. The Morgan fingerprint density at radius 3 is 2.34 bits per heavy atom. The van der Waals surface area contributed by atoms with Crippen LogP contribution < -0.4 is 15.0 Å². The van der Waals surface area contributed by atoms with E-state index in [9.17, 15) is 4.79 Å². The van der Waals surface area contributed by atoms with Gasteiger partial charge in [-0.15, -0.1) is 0 Å². The third-order valence-electron chi connectivity index (χ3n) is 6.64. The van der Waals surface area contributed by atoms with Crippen molar-refractivity contribution in [3.8, 4) is 5.75 Å². The lowest BCUT2D eigenvalue weighted by atomic mass is 10.0. The van der Waals surface area contributed by atoms with Crippen LogP contribution in [0.4, 0.5) is 11.4 Å². The van der Waals surface area contributed by atoms with E-state index in [1.54, 1.807) is 0 Å². The van der Waals surface area contributed by atoms with Crippen molar-refractivity contribution in [2.45, 2.75) is 20.5 Å². The molecular weight excluding hydrogens is 440 g/mol. The standard InChI is InChI=1S/C28H30N4O3/c1-19-26(20(2)35-30-19)18-34-27-17-22-7-5-4-6-21(22)16-25(27)28(33)29-23-8-10-24(11-9-23)32-14-12-31(3)13-15-32/h4-11,16-17H,12-15,18H2,1-3H3,(H,29,33). The van der Waals surface area contributed by atoms with E-state index in [1.165, 1.54) is 5.69 Å². The molecule has 0 unspecified atom stereocenters. The van der Waals surface area contributed by atoms with Gasteiger partial charge in [0.2, 0.25) is 0 Å². The van der Waals surface area contributed by atoms with Crippen LogP contribution >= 0.6 is 0 Å². The van der Waals surface area contributed by atoms with Crippen molar-refractivity contribution in [3.63, 3.8) is 0 Å². The first-order chi connectivity index (χ1) is 17.0. The number of nitrogens with one attached hydrogen (secondary N) is 1. The molecule has 2 heterocycles. The van der Waals surface area contributed by atoms with Gasteiger partial charge >= 0.3 is 0 Å². The van der Waals surface area contributed by atoms with Gasteiger partial charge in [0.05, 0.1) is 16.8 Å². The van der Waals surface area contributed by atoms with Crippen molar-refractivity contribution in [1.82, 2.24) is 10.1 Å². The number of likely N-dealkylation sites (N-methyl/N-ethyl adjacent to an activating group) is 1. The highest BCUT2D eigenvalue weighted by Gasteiger charge is 2.18. The number of nitrogens with zero attached hydrogens (tertiary/aromatic N) is 3. The van der Waals surface area contributed by atoms with Crippen LogP contribution in [-0.2, 0) is 6.61 Å². The third-order valence-corrected chi connectivity index (χ3v) is 6.64. The topological polar surface area (TPSA) is 70.8 Å². The Morgan fingerprint density at radius 2 is 1.69 bits per heavy atom. The molecule has 1 aliphatic rings. The lowest BCUT2D eigenvalue weighted by molar-refractivity contribution is 0.102. The summed E-state index contributed by atoms with van der Waals surface area (Å²) in [5.41, 5.74) is 4.08. The van der Waals surface area contributed by atoms with Crippen LogP contribution in [0.3, 0.4) is 0 Å². The van der Waals surface area contributed by atoms with E-state index in [0.29, 0.717) is 11.3 Å². The molecule has 0 aliphatic carbocycles. The number of piperazine rings is 1. The number of rotatable bonds is 6. The molecule has 0 spiro atoms. The van der Waals surface area contributed by atoms with E-state index >= 15 is 0 Å². The summed E-state index contributed by atoms with van der Waals surface area (Å²) in [6, 6.07) is 19.8. The smallest absolute Gasteiger partial charge is 0.259 e. The third kappa shape index (κ3) is 5.00. The van der Waals surface area contributed by atoms with Gasteiger partial charge in [0, 0.05) is 37.6 Å². The first-order valence-corrected chi connectivity index (χ1v) is 11.9. The van der Waals surface area contributed by atoms with Gasteiger partial charge in [-0.25, -0.2) is 0 Å². The van der Waals surface area contributed by atoms with Crippen molar-refractivity contribution < 1.29 is 14.1 Å². The Morgan fingerprint density at radius 1 is 1.00 bits per heavy atom. The molecule has 7 nitrogen and oxygen atoms in total. The maximum absolute atomic E-state index is 13.4. The Balaban J connectivity index is 1.36. The number of carbonyl (C=O) groups excluding carboxylic acids is 1. The molecule has 1 N–H and O–H groups in total. The van der Waals surface area contributed by atoms with E-state index < -0.39 is 0 Å². The number of benzene rings is 3. The lowest BCUT2D eigenvalue weighted by Crippen LogP contribution is -2.44. The number of amides is 1. The molecule has 7 heteroatoms. The second kappa shape index (κ2) is 9.80. The summed E-state index contributed by atoms with van der Waals surface area (Å²) in [4.78, 5) is 18.1. The molecule has 1 fully saturated rings. The number of carbonyl (C=O) groups is 1. The zero-order valence-corrected chi connectivity index (χ0v) is 20.4. The highest BCUT2D eigenvalue weighted by Crippen LogP contribution is 2.29. The molecule has 5 rings (SSSR count). The molecule has 0 bridgehead atoms. The highest BCUT2D eigenvalue weighted by atomic mass is 16.5. The van der Waals surface area contributed by atoms with Crippen molar-refractivity contribution >= 4 is 28.1 Å². The summed E-state index contributed by atoms with van der Waals surface area (Å²) >= 11 is 0. The Kier molecular flexibility index (Phi) is 6.42. The molecule has 1 aliphatic heterocycles. The minimum Gasteiger partial charge on any atom is -0.488 e. The summed E-state index contributed by atoms with van der Waals surface area (Å²) in [5.74, 6) is 1.03. The zero-order chi connectivity index (χ0) is 24.4. The molecule has 1 aromatic heterocycles. The average molecular weight is 471 g/mol. The summed E-state index contributed by atoms with van der Waals surface area (Å²) in [5, 5.41) is 9.02. The quantitative estimate of drug-likeness (QED) is 0.426. The normalized spacial score (nSPS) is 14.3. The molecule has 0 radical (unpaired) electrons. The fourth-order valence-electron chi connectivity index (χ4n) is 4.39. The number of aromatic nitrogens is 1. The van der Waals surface area contributed by atoms with Gasteiger partial charge in [-0.1, -0.05) is 29.4 Å². The summed E-state index contributed by atoms with van der Waals surface area (Å²) < 4.78 is 11.4. The number of anilines is 2. The Hall–Kier alpha value is -3.84. The van der Waals surface area contributed by atoms with Gasteiger partial charge in [-0.05, 0) is 68.1 Å². The molecule has 0 saturated carbocycles. The van der Waals surface area contributed by atoms with Gasteiger partial charge in [0.15, 0.2) is 0 Å². The molecule has 35 heavy (non-hydrogen) atoms. The maximum Gasteiger partial charge on any atom is 0.259 e. The predicted molar refractivity (Wildman–Crippen MR) is 138 cm³/mol. The van der Waals surface area contributed by atoms with Gasteiger partial charge < -0.3 is 24.4 Å². The molecule has 4 aromatic rings. The molecular formula is C28H30N4O3. The average Bonchev–Trinajstić information content (AvgIpc) is 3.20. The van der Waals surface area contributed by atoms with Gasteiger partial charge in [0.25, 0.3) is 5.91 Å². The number of aryl methyl sites for hydroxylation is 2. The second-order valence-electron chi connectivity index (χ2n) is 9.08. The summed E-state index contributed by atoms with van der Waals surface area (Å²) in [6.07, 6.45) is 0. The van der Waals surface area contributed by atoms with Crippen LogP contribution in [0.25, 0.3) is 10.8 Å². The van der Waals surface area contributed by atoms with E-state index in [1.807, 2.05) is 62.4 Å². The van der Waals surface area contributed by atoms with E-state index in [4.69, 9.17) is 9.26 Å². The Bertz CT molecular complexity index is 1320. The molecule has 0 atom stereocenters. The van der Waals surface area contributed by atoms with Crippen molar-refractivity contribution in [2.24, 2.45) is 0 Å². The highest BCUT2D eigenvalue weighted by molar-refractivity contribution is 6.08. The fourth-order valence-corrected chi connectivity index (χ4v) is 4.39. The Labute approximate surface area is 205 Å². The van der Waals surface area contributed by atoms with E-state index in [0.717, 1.165) is 59.7 Å². The maximum atomic E-state index is 13.4. The lowest BCUT2D eigenvalue weighted by Gasteiger charge is -2.34. The van der Waals surface area contributed by atoms with Gasteiger partial charge in [-0.3, -0.25) is 4.79 Å². The van der Waals surface area contributed by atoms with Crippen LogP contribution in [0.15, 0.2) is 65.2 Å². The number of hydrogen-bond donors (Lipinski definition) is 1. The van der Waals surface area contributed by atoms with Gasteiger partial charge in [-0.2, -0.15) is 0 Å². The van der Waals surface area contributed by atoms with Crippen molar-refractivity contribution in [1.29, 1.82) is 0 Å². The molecule has 1 amide bonds. The fraction of sp³-hybridized carbons (Fsp3) is 0.286. The second-order valence-corrected chi connectivity index (χ2v) is 9.08. The predicted octanol–water partition coefficient (Wildman–Crippen LogP) is 5.03. The van der Waals surface area contributed by atoms with Crippen LogP contribution in [-0.4, -0.2) is 49.2 Å². The van der Waals surface area contributed by atoms with Crippen LogP contribution in [0.2, 0.25) is 0 Å². The van der Waals surface area contributed by atoms with Crippen molar-refractivity contribution in [2.75, 3.05) is 43.4 Å². The van der Waals surface area contributed by atoms with Crippen LogP contribution in [0.5, 0.6) is 5.75 Å². The van der Waals surface area contributed by atoms with E-state index in [-0.39, 0.29) is 12.5 Å². The SMILES string of the molecule is Cc1noc(C)c1COc1cc2ccccc2cc1C(=O)Nc1ccc(N2CCN(C)CC2)cc1. The zero-order valence-electron chi connectivity index (χ0n) is 20.4. The largest absolute Gasteiger partial charge is 0.488 e. The minimum absolute atomic E-state index is 0.211. The van der Waals surface area contributed by atoms with Crippen LogP contribution in [0.1, 0.15) is 27.4 Å². The molecule has 180 valence electrons. The summed E-state index contributed by atoms with van der Waals surface area (Å²) in [7, 11) is 2.15. The molecule has 1 saturated heterocycles. The number of hydrogen-bond acceptors (Lipinski definition) is 6. The monoisotopic (exact) mass is 470 g/mol. The molecule has 3 aromatic carbocycles. The summed E-state index contributed by atoms with van der Waals surface area (Å²) in [6.45, 7) is 8.14. The number of fused-ring (bicyclic) bond motifs is 1. The van der Waals surface area contributed by atoms with E-state index in [2.05, 4.69) is 39.5 Å². The minimum atomic E-state index is -0.211. The van der Waals surface area contributed by atoms with Crippen LogP contribution in [0, 0.1) is 13.8 Å². The first kappa shape index (κ1) is 22.9. The van der Waals surface area contributed by atoms with Gasteiger partial charge in [0.1, 0.15) is 18.1 Å².